The summed E-state index contributed by atoms with van der Waals surface area (Å²) in [5.74, 6) is -2.82. The molecule has 0 spiro atoms. The zero-order valence-corrected chi connectivity index (χ0v) is 10.2. The minimum absolute atomic E-state index is 0.0638. The number of hydrogen-bond acceptors (Lipinski definition) is 1. The maximum atomic E-state index is 14.7. The van der Waals surface area contributed by atoms with Gasteiger partial charge in [0.25, 0.3) is 5.92 Å². The van der Waals surface area contributed by atoms with Crippen LogP contribution in [-0.2, 0) is 5.92 Å². The Balaban J connectivity index is 2.45. The lowest BCUT2D eigenvalue weighted by molar-refractivity contribution is -0.124. The molecule has 1 saturated carbocycles. The molecular formula is C14H19F2N. The average molecular weight is 239 g/mol. The van der Waals surface area contributed by atoms with Crippen molar-refractivity contribution in [1.29, 1.82) is 0 Å². The maximum absolute atomic E-state index is 14.7. The van der Waals surface area contributed by atoms with Crippen molar-refractivity contribution in [3.8, 4) is 0 Å². The number of alkyl halides is 2. The summed E-state index contributed by atoms with van der Waals surface area (Å²) in [4.78, 5) is 0. The van der Waals surface area contributed by atoms with Gasteiger partial charge in [0.05, 0.1) is 5.41 Å². The molecular weight excluding hydrogens is 220 g/mol. The first-order valence-electron chi connectivity index (χ1n) is 6.17. The molecule has 0 amide bonds. The molecule has 1 nitrogen and oxygen atoms in total. The molecule has 0 atom stereocenters. The number of aryl methyl sites for hydroxylation is 1. The van der Waals surface area contributed by atoms with Crippen LogP contribution in [-0.4, -0.2) is 6.54 Å². The molecule has 0 unspecified atom stereocenters. The highest BCUT2D eigenvalue weighted by Crippen LogP contribution is 2.54. The molecule has 17 heavy (non-hydrogen) atoms. The molecule has 0 heterocycles. The van der Waals surface area contributed by atoms with Crippen LogP contribution in [0.1, 0.15) is 36.8 Å². The molecule has 1 fully saturated rings. The van der Waals surface area contributed by atoms with E-state index in [9.17, 15) is 8.78 Å². The van der Waals surface area contributed by atoms with Gasteiger partial charge in [-0.2, -0.15) is 0 Å². The topological polar surface area (TPSA) is 26.0 Å². The van der Waals surface area contributed by atoms with Gasteiger partial charge in [-0.25, -0.2) is 8.78 Å². The fourth-order valence-electron chi connectivity index (χ4n) is 2.91. The summed E-state index contributed by atoms with van der Waals surface area (Å²) in [6, 6.07) is 6.74. The second kappa shape index (κ2) is 4.37. The normalized spacial score (nSPS) is 19.5. The highest BCUT2D eigenvalue weighted by molar-refractivity contribution is 5.32. The second-order valence-corrected chi connectivity index (χ2v) is 5.08. The predicted molar refractivity (Wildman–Crippen MR) is 65.0 cm³/mol. The van der Waals surface area contributed by atoms with Crippen LogP contribution in [0.2, 0.25) is 0 Å². The molecule has 2 rings (SSSR count). The van der Waals surface area contributed by atoms with Crippen LogP contribution < -0.4 is 5.73 Å². The van der Waals surface area contributed by atoms with E-state index in [1.807, 2.05) is 0 Å². The van der Waals surface area contributed by atoms with Crippen molar-refractivity contribution in [2.75, 3.05) is 6.54 Å². The molecule has 1 aliphatic carbocycles. The zero-order valence-electron chi connectivity index (χ0n) is 10.2. The third-order valence-electron chi connectivity index (χ3n) is 4.10. The first-order chi connectivity index (χ1) is 8.03. The van der Waals surface area contributed by atoms with Crippen LogP contribution in [0.15, 0.2) is 24.3 Å². The summed E-state index contributed by atoms with van der Waals surface area (Å²) in [6.45, 7) is 1.80. The maximum Gasteiger partial charge on any atom is 0.280 e. The number of nitrogens with two attached hydrogens (primary N) is 1. The van der Waals surface area contributed by atoms with Crippen molar-refractivity contribution in [1.82, 2.24) is 0 Å². The van der Waals surface area contributed by atoms with E-state index in [0.717, 1.165) is 12.8 Å². The summed E-state index contributed by atoms with van der Waals surface area (Å²) in [5, 5.41) is 0. The Morgan fingerprint density at radius 3 is 2.35 bits per heavy atom. The predicted octanol–water partition coefficient (Wildman–Crippen LogP) is 3.61. The number of rotatable bonds is 3. The first-order valence-corrected chi connectivity index (χ1v) is 6.17. The largest absolute Gasteiger partial charge is 0.330 e. The van der Waals surface area contributed by atoms with Crippen LogP contribution in [0.3, 0.4) is 0 Å². The van der Waals surface area contributed by atoms with Crippen molar-refractivity contribution < 1.29 is 8.78 Å². The number of hydrogen-bond donors (Lipinski definition) is 1. The van der Waals surface area contributed by atoms with Gasteiger partial charge in [0, 0.05) is 12.1 Å². The van der Waals surface area contributed by atoms with Crippen molar-refractivity contribution in [2.24, 2.45) is 11.1 Å². The summed E-state index contributed by atoms with van der Waals surface area (Å²) in [5.41, 5.74) is 5.43. The molecule has 0 saturated heterocycles. The highest BCUT2D eigenvalue weighted by atomic mass is 19.3. The fraction of sp³-hybridized carbons (Fsp3) is 0.571. The van der Waals surface area contributed by atoms with E-state index in [1.165, 1.54) is 6.07 Å². The van der Waals surface area contributed by atoms with Gasteiger partial charge in [-0.1, -0.05) is 37.1 Å². The van der Waals surface area contributed by atoms with Crippen molar-refractivity contribution >= 4 is 0 Å². The summed E-state index contributed by atoms with van der Waals surface area (Å²) in [6.07, 6.45) is 2.78. The Bertz CT molecular complexity index is 395. The average Bonchev–Trinajstić information content (AvgIpc) is 2.79. The van der Waals surface area contributed by atoms with Crippen molar-refractivity contribution in [3.63, 3.8) is 0 Å². The van der Waals surface area contributed by atoms with E-state index < -0.39 is 11.3 Å². The first kappa shape index (κ1) is 12.5. The van der Waals surface area contributed by atoms with E-state index in [4.69, 9.17) is 5.73 Å². The molecule has 1 aromatic rings. The Morgan fingerprint density at radius 1 is 1.24 bits per heavy atom. The minimum Gasteiger partial charge on any atom is -0.330 e. The van der Waals surface area contributed by atoms with Crippen molar-refractivity contribution in [2.45, 2.75) is 38.5 Å². The van der Waals surface area contributed by atoms with Gasteiger partial charge in [0.1, 0.15) is 0 Å². The third-order valence-corrected chi connectivity index (χ3v) is 4.10. The van der Waals surface area contributed by atoms with Gasteiger partial charge in [-0.05, 0) is 25.3 Å². The number of benzene rings is 1. The van der Waals surface area contributed by atoms with Crippen LogP contribution in [0.25, 0.3) is 0 Å². The zero-order chi connectivity index (χ0) is 12.5. The summed E-state index contributed by atoms with van der Waals surface area (Å²) >= 11 is 0. The molecule has 0 aromatic heterocycles. The van der Waals surface area contributed by atoms with E-state index in [0.29, 0.717) is 18.4 Å². The molecule has 0 aliphatic heterocycles. The number of halogens is 2. The minimum atomic E-state index is -2.82. The Kier molecular flexibility index (Phi) is 3.21. The second-order valence-electron chi connectivity index (χ2n) is 5.08. The SMILES string of the molecule is Cc1ccccc1C(F)(F)C1(CN)CCCC1. The fourth-order valence-corrected chi connectivity index (χ4v) is 2.91. The van der Waals surface area contributed by atoms with Crippen LogP contribution in [0.4, 0.5) is 8.78 Å². The molecule has 3 heteroatoms. The molecule has 0 radical (unpaired) electrons. The quantitative estimate of drug-likeness (QED) is 0.856. The molecule has 94 valence electrons. The van der Waals surface area contributed by atoms with Gasteiger partial charge in [0.15, 0.2) is 0 Å². The highest BCUT2D eigenvalue weighted by Gasteiger charge is 2.55. The van der Waals surface area contributed by atoms with Crippen LogP contribution in [0.5, 0.6) is 0 Å². The standard InChI is InChI=1S/C14H19F2N/c1-11-6-2-3-7-12(11)14(15,16)13(10-17)8-4-5-9-13/h2-3,6-7H,4-5,8-10,17H2,1H3. The molecule has 1 aliphatic rings. The molecule has 0 bridgehead atoms. The smallest absolute Gasteiger partial charge is 0.280 e. The summed E-state index contributed by atoms with van der Waals surface area (Å²) in [7, 11) is 0. The van der Waals surface area contributed by atoms with E-state index in [1.54, 1.807) is 25.1 Å². The Labute approximate surface area is 101 Å². The summed E-state index contributed by atoms with van der Waals surface area (Å²) < 4.78 is 29.4. The van der Waals surface area contributed by atoms with E-state index >= 15 is 0 Å². The van der Waals surface area contributed by atoms with Gasteiger partial charge >= 0.3 is 0 Å². The van der Waals surface area contributed by atoms with Gasteiger partial charge in [-0.15, -0.1) is 0 Å². The van der Waals surface area contributed by atoms with Gasteiger partial charge < -0.3 is 5.73 Å². The molecule has 2 N–H and O–H groups in total. The van der Waals surface area contributed by atoms with Gasteiger partial charge in [-0.3, -0.25) is 0 Å². The molecule has 1 aromatic carbocycles. The van der Waals surface area contributed by atoms with Crippen LogP contribution >= 0.6 is 0 Å². The van der Waals surface area contributed by atoms with Crippen LogP contribution in [0, 0.1) is 12.3 Å². The Hall–Kier alpha value is -0.960. The third kappa shape index (κ3) is 1.86. The lowest BCUT2D eigenvalue weighted by Gasteiger charge is -2.37. The monoisotopic (exact) mass is 239 g/mol. The Morgan fingerprint density at radius 2 is 1.82 bits per heavy atom. The van der Waals surface area contributed by atoms with Gasteiger partial charge in [0.2, 0.25) is 0 Å². The van der Waals surface area contributed by atoms with E-state index in [2.05, 4.69) is 0 Å². The van der Waals surface area contributed by atoms with E-state index in [-0.39, 0.29) is 12.1 Å². The lowest BCUT2D eigenvalue weighted by Crippen LogP contribution is -2.43. The lowest BCUT2D eigenvalue weighted by atomic mass is 9.75. The van der Waals surface area contributed by atoms with Crippen molar-refractivity contribution in [3.05, 3.63) is 35.4 Å².